The minimum atomic E-state index is -0.147. The van der Waals surface area contributed by atoms with Crippen LogP contribution in [0.25, 0.3) is 5.57 Å². The molecule has 0 N–H and O–H groups in total. The van der Waals surface area contributed by atoms with E-state index in [1.807, 2.05) is 40.6 Å². The third kappa shape index (κ3) is 2.76. The minimum absolute atomic E-state index is 0.145. The highest BCUT2D eigenvalue weighted by Gasteiger charge is 2.43. The van der Waals surface area contributed by atoms with Gasteiger partial charge < -0.3 is 4.90 Å². The summed E-state index contributed by atoms with van der Waals surface area (Å²) in [6.07, 6.45) is 3.84. The number of thiophene rings is 1. The van der Waals surface area contributed by atoms with Gasteiger partial charge in [0.25, 0.3) is 11.8 Å². The summed E-state index contributed by atoms with van der Waals surface area (Å²) < 4.78 is 0. The van der Waals surface area contributed by atoms with Crippen LogP contribution in [0.2, 0.25) is 0 Å². The molecule has 0 bridgehead atoms. The predicted octanol–water partition coefficient (Wildman–Crippen LogP) is 4.08. The lowest BCUT2D eigenvalue weighted by atomic mass is 10.1. The molecule has 0 atom stereocenters. The Morgan fingerprint density at radius 1 is 1.04 bits per heavy atom. The largest absolute Gasteiger partial charge is 0.336 e. The number of hydrogen-bond acceptors (Lipinski definition) is 4. The molecule has 4 nitrogen and oxygen atoms in total. The molecule has 134 valence electrons. The maximum atomic E-state index is 13.2. The van der Waals surface area contributed by atoms with Crippen LogP contribution < -0.4 is 4.90 Å². The summed E-state index contributed by atoms with van der Waals surface area (Å²) in [5.74, 6) is -0.292. The van der Waals surface area contributed by atoms with E-state index in [2.05, 4.69) is 13.0 Å². The Kier molecular flexibility index (Phi) is 4.64. The van der Waals surface area contributed by atoms with E-state index < -0.39 is 0 Å². The van der Waals surface area contributed by atoms with Crippen molar-refractivity contribution in [1.82, 2.24) is 4.90 Å². The third-order valence-corrected chi connectivity index (χ3v) is 5.94. The second-order valence-electron chi connectivity index (χ2n) is 6.70. The van der Waals surface area contributed by atoms with Crippen molar-refractivity contribution < 1.29 is 9.59 Å². The fourth-order valence-corrected chi connectivity index (χ4v) is 4.51. The maximum Gasteiger partial charge on any atom is 0.278 e. The summed E-state index contributed by atoms with van der Waals surface area (Å²) in [6.45, 7) is 3.36. The molecule has 2 aliphatic heterocycles. The molecule has 0 unspecified atom stereocenters. The van der Waals surface area contributed by atoms with E-state index in [-0.39, 0.29) is 11.8 Å². The smallest absolute Gasteiger partial charge is 0.278 e. The summed E-state index contributed by atoms with van der Waals surface area (Å²) in [4.78, 5) is 30.7. The number of imide groups is 1. The Hall–Kier alpha value is -2.40. The summed E-state index contributed by atoms with van der Waals surface area (Å²) in [6, 6.07) is 12.0. The van der Waals surface area contributed by atoms with Gasteiger partial charge in [0.1, 0.15) is 5.70 Å². The molecular weight excluding hydrogens is 344 g/mol. The molecule has 26 heavy (non-hydrogen) atoms. The zero-order chi connectivity index (χ0) is 18.1. The van der Waals surface area contributed by atoms with Crippen molar-refractivity contribution in [3.63, 3.8) is 0 Å². The quantitative estimate of drug-likeness (QED) is 0.571. The second kappa shape index (κ2) is 7.08. The monoisotopic (exact) mass is 366 g/mol. The highest BCUT2D eigenvalue weighted by atomic mass is 32.1. The molecule has 2 aliphatic rings. The maximum absolute atomic E-state index is 13.2. The number of carbonyl (C=O) groups is 2. The number of benzene rings is 1. The van der Waals surface area contributed by atoms with E-state index in [0.717, 1.165) is 42.8 Å². The second-order valence-corrected chi connectivity index (χ2v) is 7.65. The molecule has 0 aliphatic carbocycles. The normalized spacial score (nSPS) is 16.8. The summed E-state index contributed by atoms with van der Waals surface area (Å²) in [5, 5.41) is 1.95. The SMILES string of the molecule is CCCCCN1C(=O)C(c2cccs2)=C(N2CCc3ccccc32)C1=O. The molecule has 1 aromatic heterocycles. The van der Waals surface area contributed by atoms with Crippen LogP contribution in [0.3, 0.4) is 0 Å². The molecule has 0 radical (unpaired) electrons. The van der Waals surface area contributed by atoms with Crippen molar-refractivity contribution in [2.24, 2.45) is 0 Å². The molecule has 0 saturated carbocycles. The highest BCUT2D eigenvalue weighted by molar-refractivity contribution is 7.11. The van der Waals surface area contributed by atoms with Crippen molar-refractivity contribution in [3.05, 3.63) is 57.9 Å². The van der Waals surface area contributed by atoms with Crippen LogP contribution in [0.1, 0.15) is 36.6 Å². The number of unbranched alkanes of at least 4 members (excludes halogenated alkanes) is 2. The van der Waals surface area contributed by atoms with E-state index in [1.165, 1.54) is 21.8 Å². The number of hydrogen-bond donors (Lipinski definition) is 0. The Morgan fingerprint density at radius 2 is 1.88 bits per heavy atom. The average Bonchev–Trinajstić information content (AvgIpc) is 3.36. The number of carbonyl (C=O) groups excluding carboxylic acids is 2. The van der Waals surface area contributed by atoms with Gasteiger partial charge in [-0.2, -0.15) is 0 Å². The summed E-state index contributed by atoms with van der Waals surface area (Å²) in [5.41, 5.74) is 3.40. The molecule has 0 fully saturated rings. The first-order valence-corrected chi connectivity index (χ1v) is 10.1. The van der Waals surface area contributed by atoms with Crippen LogP contribution in [-0.4, -0.2) is 29.8 Å². The van der Waals surface area contributed by atoms with E-state index in [0.29, 0.717) is 17.8 Å². The first-order chi connectivity index (χ1) is 12.7. The van der Waals surface area contributed by atoms with Gasteiger partial charge in [0, 0.05) is 23.7 Å². The lowest BCUT2D eigenvalue weighted by Crippen LogP contribution is -2.35. The standard InChI is InChI=1S/C21H22N2O2S/c1-2-3-6-12-23-20(24)18(17-10-7-14-26-17)19(21(23)25)22-13-11-15-8-4-5-9-16(15)22/h4-5,7-10,14H,2-3,6,11-13H2,1H3. The first-order valence-electron chi connectivity index (χ1n) is 9.22. The van der Waals surface area contributed by atoms with E-state index >= 15 is 0 Å². The fourth-order valence-electron chi connectivity index (χ4n) is 3.75. The van der Waals surface area contributed by atoms with Crippen LogP contribution in [0.5, 0.6) is 0 Å². The Labute approximate surface area is 157 Å². The Balaban J connectivity index is 1.76. The van der Waals surface area contributed by atoms with Crippen molar-refractivity contribution in [3.8, 4) is 0 Å². The molecule has 3 heterocycles. The molecule has 4 rings (SSSR count). The van der Waals surface area contributed by atoms with Gasteiger partial charge in [0.05, 0.1) is 5.57 Å². The molecule has 2 amide bonds. The van der Waals surface area contributed by atoms with Crippen LogP contribution in [0, 0.1) is 0 Å². The van der Waals surface area contributed by atoms with Gasteiger partial charge in [0.2, 0.25) is 0 Å². The van der Waals surface area contributed by atoms with Crippen molar-refractivity contribution in [1.29, 1.82) is 0 Å². The Bertz CT molecular complexity index is 870. The zero-order valence-electron chi connectivity index (χ0n) is 14.9. The van der Waals surface area contributed by atoms with E-state index in [9.17, 15) is 9.59 Å². The number of fused-ring (bicyclic) bond motifs is 1. The predicted molar refractivity (Wildman–Crippen MR) is 105 cm³/mol. The van der Waals surface area contributed by atoms with Crippen molar-refractivity contribution >= 4 is 34.4 Å². The lowest BCUT2D eigenvalue weighted by Gasteiger charge is -2.21. The van der Waals surface area contributed by atoms with Gasteiger partial charge in [-0.1, -0.05) is 44.0 Å². The number of nitrogens with zero attached hydrogens (tertiary/aromatic N) is 2. The molecular formula is C21H22N2O2S. The van der Waals surface area contributed by atoms with Crippen LogP contribution in [0.15, 0.2) is 47.5 Å². The fraction of sp³-hybridized carbons (Fsp3) is 0.333. The summed E-state index contributed by atoms with van der Waals surface area (Å²) >= 11 is 1.52. The molecule has 1 aromatic carbocycles. The summed E-state index contributed by atoms with van der Waals surface area (Å²) in [7, 11) is 0. The highest BCUT2D eigenvalue weighted by Crippen LogP contribution is 2.39. The van der Waals surface area contributed by atoms with Gasteiger partial charge in [-0.15, -0.1) is 11.3 Å². The van der Waals surface area contributed by atoms with E-state index in [1.54, 1.807) is 0 Å². The number of rotatable bonds is 6. The topological polar surface area (TPSA) is 40.6 Å². The van der Waals surface area contributed by atoms with Crippen molar-refractivity contribution in [2.75, 3.05) is 18.0 Å². The lowest BCUT2D eigenvalue weighted by molar-refractivity contribution is -0.136. The number of anilines is 1. The molecule has 5 heteroatoms. The third-order valence-electron chi connectivity index (χ3n) is 5.05. The minimum Gasteiger partial charge on any atom is -0.336 e. The van der Waals surface area contributed by atoms with Gasteiger partial charge in [-0.05, 0) is 35.9 Å². The zero-order valence-corrected chi connectivity index (χ0v) is 15.7. The first kappa shape index (κ1) is 17.0. The Morgan fingerprint density at radius 3 is 2.65 bits per heavy atom. The van der Waals surface area contributed by atoms with Crippen LogP contribution >= 0.6 is 11.3 Å². The van der Waals surface area contributed by atoms with Crippen LogP contribution in [0.4, 0.5) is 5.69 Å². The molecule has 0 spiro atoms. The number of para-hydroxylation sites is 1. The van der Waals surface area contributed by atoms with Gasteiger partial charge in [-0.3, -0.25) is 14.5 Å². The van der Waals surface area contributed by atoms with E-state index in [4.69, 9.17) is 0 Å². The number of amides is 2. The van der Waals surface area contributed by atoms with Crippen LogP contribution in [-0.2, 0) is 16.0 Å². The average molecular weight is 366 g/mol. The van der Waals surface area contributed by atoms with Crippen molar-refractivity contribution in [2.45, 2.75) is 32.6 Å². The van der Waals surface area contributed by atoms with Gasteiger partial charge >= 0.3 is 0 Å². The van der Waals surface area contributed by atoms with Gasteiger partial charge in [-0.25, -0.2) is 0 Å². The molecule has 2 aromatic rings. The van der Waals surface area contributed by atoms with Gasteiger partial charge in [0.15, 0.2) is 0 Å². The molecule has 0 saturated heterocycles.